The number of piperidine rings is 1. The second-order valence-electron chi connectivity index (χ2n) is 8.02. The number of aryl methyl sites for hydroxylation is 1. The van der Waals surface area contributed by atoms with Crippen molar-refractivity contribution in [2.45, 2.75) is 51.7 Å². The number of anilines is 1. The molecule has 3 atom stereocenters. The Hall–Kier alpha value is -2.93. The van der Waals surface area contributed by atoms with Gasteiger partial charge in [-0.1, -0.05) is 36.4 Å². The monoisotopic (exact) mass is 409 g/mol. The van der Waals surface area contributed by atoms with E-state index in [1.807, 2.05) is 31.2 Å². The first-order chi connectivity index (χ1) is 14.4. The molecule has 1 saturated heterocycles. The summed E-state index contributed by atoms with van der Waals surface area (Å²) in [6.45, 7) is 4.70. The van der Waals surface area contributed by atoms with Crippen LogP contribution < -0.4 is 21.7 Å². The molecule has 30 heavy (non-hydrogen) atoms. The second kappa shape index (κ2) is 10.2. The van der Waals surface area contributed by atoms with Gasteiger partial charge >= 0.3 is 0 Å². The van der Waals surface area contributed by atoms with E-state index in [2.05, 4.69) is 33.1 Å². The molecular formula is C23H31N5O2. The smallest absolute Gasteiger partial charge is 0.242 e. The number of aromatic nitrogens is 1. The molecule has 1 aromatic heterocycles. The van der Waals surface area contributed by atoms with E-state index in [-0.39, 0.29) is 17.9 Å². The molecule has 160 valence electrons. The number of pyridine rings is 1. The summed E-state index contributed by atoms with van der Waals surface area (Å²) in [5.74, 6) is 0.556. The normalized spacial score (nSPS) is 19.7. The maximum absolute atomic E-state index is 12.7. The van der Waals surface area contributed by atoms with E-state index in [0.29, 0.717) is 18.3 Å². The summed E-state index contributed by atoms with van der Waals surface area (Å²) in [5, 5.41) is 8.98. The van der Waals surface area contributed by atoms with Gasteiger partial charge in [-0.3, -0.25) is 9.59 Å². The van der Waals surface area contributed by atoms with Crippen LogP contribution in [0.4, 0.5) is 5.82 Å². The Morgan fingerprint density at radius 2 is 2.00 bits per heavy atom. The van der Waals surface area contributed by atoms with Crippen LogP contribution in [0.2, 0.25) is 0 Å². The first kappa shape index (κ1) is 21.8. The van der Waals surface area contributed by atoms with Gasteiger partial charge in [0.25, 0.3) is 0 Å². The minimum Gasteiger partial charge on any atom is -0.384 e. The molecule has 1 aromatic carbocycles. The van der Waals surface area contributed by atoms with E-state index >= 15 is 0 Å². The molecule has 2 heterocycles. The highest BCUT2D eigenvalue weighted by molar-refractivity contribution is 5.89. The highest BCUT2D eigenvalue weighted by Crippen LogP contribution is 2.21. The van der Waals surface area contributed by atoms with Crippen LogP contribution in [0, 0.1) is 12.8 Å². The van der Waals surface area contributed by atoms with Gasteiger partial charge in [0.1, 0.15) is 11.9 Å². The van der Waals surface area contributed by atoms with Crippen LogP contribution in [0.25, 0.3) is 0 Å². The Bertz CT molecular complexity index is 871. The molecule has 1 aliphatic heterocycles. The number of nitrogens with zero attached hydrogens (tertiary/aromatic N) is 1. The largest absolute Gasteiger partial charge is 0.384 e. The fourth-order valence-corrected chi connectivity index (χ4v) is 3.84. The molecular weight excluding hydrogens is 378 g/mol. The average Bonchev–Trinajstić information content (AvgIpc) is 2.73. The fourth-order valence-electron chi connectivity index (χ4n) is 3.84. The number of nitrogens with one attached hydrogen (secondary N) is 3. The Balaban J connectivity index is 1.47. The molecule has 7 heteroatoms. The van der Waals surface area contributed by atoms with Crippen LogP contribution in [0.1, 0.15) is 36.6 Å². The predicted octanol–water partition coefficient (Wildman–Crippen LogP) is 1.70. The minimum absolute atomic E-state index is 0.124. The summed E-state index contributed by atoms with van der Waals surface area (Å²) in [7, 11) is 0. The van der Waals surface area contributed by atoms with Crippen molar-refractivity contribution in [1.82, 2.24) is 20.9 Å². The zero-order chi connectivity index (χ0) is 21.5. The maximum Gasteiger partial charge on any atom is 0.242 e. The zero-order valence-corrected chi connectivity index (χ0v) is 17.7. The molecule has 0 spiro atoms. The van der Waals surface area contributed by atoms with Crippen molar-refractivity contribution in [3.63, 3.8) is 0 Å². The Morgan fingerprint density at radius 3 is 2.73 bits per heavy atom. The molecule has 1 unspecified atom stereocenters. The summed E-state index contributed by atoms with van der Waals surface area (Å²) in [5.41, 5.74) is 8.63. The number of carbonyl (C=O) groups is 2. The summed E-state index contributed by atoms with van der Waals surface area (Å²) < 4.78 is 0. The summed E-state index contributed by atoms with van der Waals surface area (Å²) in [4.78, 5) is 29.3. The van der Waals surface area contributed by atoms with Crippen molar-refractivity contribution in [3.05, 3.63) is 59.3 Å². The number of nitrogen functional groups attached to an aromatic ring is 1. The van der Waals surface area contributed by atoms with E-state index in [9.17, 15) is 9.59 Å². The van der Waals surface area contributed by atoms with Crippen molar-refractivity contribution in [3.8, 4) is 0 Å². The number of hydrogen-bond donors (Lipinski definition) is 4. The van der Waals surface area contributed by atoms with E-state index < -0.39 is 6.04 Å². The van der Waals surface area contributed by atoms with Crippen LogP contribution in [-0.4, -0.2) is 35.4 Å². The molecule has 1 fully saturated rings. The highest BCUT2D eigenvalue weighted by Gasteiger charge is 2.28. The number of rotatable bonds is 7. The third kappa shape index (κ3) is 6.03. The highest BCUT2D eigenvalue weighted by atomic mass is 16.2. The SMILES string of the molecule is Cc1nc(N)ccc1CNC(=O)[C@H](C)NC(=O)[C@@H]1CC(Cc2ccccc2)CCN1. The van der Waals surface area contributed by atoms with Gasteiger partial charge in [-0.25, -0.2) is 4.98 Å². The van der Waals surface area contributed by atoms with E-state index in [1.165, 1.54) is 5.56 Å². The maximum atomic E-state index is 12.7. The van der Waals surface area contributed by atoms with E-state index in [1.54, 1.807) is 13.0 Å². The average molecular weight is 410 g/mol. The lowest BCUT2D eigenvalue weighted by atomic mass is 9.87. The minimum atomic E-state index is -0.615. The van der Waals surface area contributed by atoms with Gasteiger partial charge in [-0.2, -0.15) is 0 Å². The standard InChI is InChI=1S/C23H31N5O2/c1-15-19(8-9-21(24)27-15)14-26-22(29)16(2)28-23(30)20-13-18(10-11-25-20)12-17-6-4-3-5-7-17/h3-9,16,18,20,25H,10-14H2,1-2H3,(H2,24,27)(H,26,29)(H,28,30)/t16-,18?,20-/m0/s1. The molecule has 3 rings (SSSR count). The van der Waals surface area contributed by atoms with Crippen LogP contribution >= 0.6 is 0 Å². The lowest BCUT2D eigenvalue weighted by Gasteiger charge is -2.30. The zero-order valence-electron chi connectivity index (χ0n) is 17.7. The number of carbonyl (C=O) groups excluding carboxylic acids is 2. The number of benzene rings is 1. The van der Waals surface area contributed by atoms with Gasteiger partial charge in [0, 0.05) is 12.2 Å². The molecule has 0 bridgehead atoms. The van der Waals surface area contributed by atoms with Crippen molar-refractivity contribution < 1.29 is 9.59 Å². The van der Waals surface area contributed by atoms with E-state index in [0.717, 1.165) is 37.1 Å². The topological polar surface area (TPSA) is 109 Å². The molecule has 0 aliphatic carbocycles. The molecule has 7 nitrogen and oxygen atoms in total. The van der Waals surface area contributed by atoms with Gasteiger partial charge < -0.3 is 21.7 Å². The fraction of sp³-hybridized carbons (Fsp3) is 0.435. The van der Waals surface area contributed by atoms with Gasteiger partial charge in [0.05, 0.1) is 6.04 Å². The first-order valence-corrected chi connectivity index (χ1v) is 10.5. The van der Waals surface area contributed by atoms with Crippen molar-refractivity contribution in [2.75, 3.05) is 12.3 Å². The molecule has 2 aromatic rings. The molecule has 2 amide bonds. The first-order valence-electron chi connectivity index (χ1n) is 10.5. The number of amides is 2. The Labute approximate surface area is 177 Å². The molecule has 5 N–H and O–H groups in total. The number of hydrogen-bond acceptors (Lipinski definition) is 5. The Morgan fingerprint density at radius 1 is 1.23 bits per heavy atom. The van der Waals surface area contributed by atoms with Crippen LogP contribution in [0.5, 0.6) is 0 Å². The van der Waals surface area contributed by atoms with Gasteiger partial charge in [-0.05, 0) is 62.8 Å². The van der Waals surface area contributed by atoms with Crippen molar-refractivity contribution >= 4 is 17.6 Å². The summed E-state index contributed by atoms with van der Waals surface area (Å²) in [6.07, 6.45) is 2.78. The molecule has 1 aliphatic rings. The van der Waals surface area contributed by atoms with Crippen LogP contribution in [0.3, 0.4) is 0 Å². The second-order valence-corrected chi connectivity index (χ2v) is 8.02. The summed E-state index contributed by atoms with van der Waals surface area (Å²) >= 11 is 0. The lowest BCUT2D eigenvalue weighted by Crippen LogP contribution is -2.53. The van der Waals surface area contributed by atoms with Crippen molar-refractivity contribution in [1.29, 1.82) is 0 Å². The van der Waals surface area contributed by atoms with Gasteiger partial charge in [-0.15, -0.1) is 0 Å². The summed E-state index contributed by atoms with van der Waals surface area (Å²) in [6, 6.07) is 13.0. The predicted molar refractivity (Wildman–Crippen MR) is 117 cm³/mol. The Kier molecular flexibility index (Phi) is 7.41. The third-order valence-corrected chi connectivity index (χ3v) is 5.62. The van der Waals surface area contributed by atoms with Gasteiger partial charge in [0.15, 0.2) is 0 Å². The van der Waals surface area contributed by atoms with Crippen molar-refractivity contribution in [2.24, 2.45) is 5.92 Å². The molecule has 0 saturated carbocycles. The van der Waals surface area contributed by atoms with Crippen LogP contribution in [0.15, 0.2) is 42.5 Å². The molecule has 0 radical (unpaired) electrons. The quantitative estimate of drug-likeness (QED) is 0.557. The van der Waals surface area contributed by atoms with E-state index in [4.69, 9.17) is 5.73 Å². The van der Waals surface area contributed by atoms with Crippen LogP contribution in [-0.2, 0) is 22.6 Å². The third-order valence-electron chi connectivity index (χ3n) is 5.62. The lowest BCUT2D eigenvalue weighted by molar-refractivity contribution is -0.130. The number of nitrogens with two attached hydrogens (primary N) is 1. The van der Waals surface area contributed by atoms with Gasteiger partial charge in [0.2, 0.25) is 11.8 Å².